The Morgan fingerprint density at radius 3 is 2.69 bits per heavy atom. The van der Waals surface area contributed by atoms with E-state index in [9.17, 15) is 0 Å². The van der Waals surface area contributed by atoms with Crippen molar-refractivity contribution in [3.05, 3.63) is 35.4 Å². The first kappa shape index (κ1) is 13.2. The molecule has 0 amide bonds. The highest BCUT2D eigenvalue weighted by atomic mass is 16.5. The van der Waals surface area contributed by atoms with Crippen LogP contribution in [0.3, 0.4) is 0 Å². The Bertz CT molecular complexity index is 299. The van der Waals surface area contributed by atoms with Crippen molar-refractivity contribution in [3.63, 3.8) is 0 Å². The molecule has 2 heteroatoms. The van der Waals surface area contributed by atoms with Gasteiger partial charge in [0.05, 0.1) is 6.61 Å². The van der Waals surface area contributed by atoms with Crippen molar-refractivity contribution in [2.24, 2.45) is 5.92 Å². The topological polar surface area (TPSA) is 21.3 Å². The lowest BCUT2D eigenvalue weighted by molar-refractivity contribution is 0.151. The molecule has 90 valence electrons. The molecule has 0 heterocycles. The first-order valence-electron chi connectivity index (χ1n) is 6.02. The van der Waals surface area contributed by atoms with E-state index in [2.05, 4.69) is 43.4 Å². The smallest absolute Gasteiger partial charge is 0.0505 e. The van der Waals surface area contributed by atoms with E-state index in [-0.39, 0.29) is 0 Å². The molecule has 0 radical (unpaired) electrons. The minimum absolute atomic E-state index is 0.561. The van der Waals surface area contributed by atoms with Gasteiger partial charge in [-0.05, 0) is 36.9 Å². The summed E-state index contributed by atoms with van der Waals surface area (Å²) in [6.07, 6.45) is 1.09. The second-order valence-corrected chi connectivity index (χ2v) is 4.26. The van der Waals surface area contributed by atoms with Crippen molar-refractivity contribution in [2.75, 3.05) is 26.8 Å². The van der Waals surface area contributed by atoms with Gasteiger partial charge in [-0.2, -0.15) is 0 Å². The summed E-state index contributed by atoms with van der Waals surface area (Å²) >= 11 is 0. The van der Waals surface area contributed by atoms with Gasteiger partial charge in [0.2, 0.25) is 0 Å². The van der Waals surface area contributed by atoms with Gasteiger partial charge < -0.3 is 10.1 Å². The zero-order chi connectivity index (χ0) is 11.8. The largest absolute Gasteiger partial charge is 0.384 e. The molecule has 0 fully saturated rings. The monoisotopic (exact) mass is 221 g/mol. The number of aryl methyl sites for hydroxylation is 1. The molecule has 0 saturated carbocycles. The number of nitrogens with one attached hydrogen (secondary N) is 1. The molecule has 2 nitrogen and oxygen atoms in total. The Hall–Kier alpha value is -0.860. The summed E-state index contributed by atoms with van der Waals surface area (Å²) in [6.45, 7) is 7.18. The highest BCUT2D eigenvalue weighted by Crippen LogP contribution is 2.13. The van der Waals surface area contributed by atoms with E-state index >= 15 is 0 Å². The van der Waals surface area contributed by atoms with Crippen LogP contribution in [0.15, 0.2) is 24.3 Å². The van der Waals surface area contributed by atoms with Gasteiger partial charge in [-0.25, -0.2) is 0 Å². The third kappa shape index (κ3) is 4.33. The van der Waals surface area contributed by atoms with Crippen molar-refractivity contribution in [3.8, 4) is 0 Å². The molecular weight excluding hydrogens is 198 g/mol. The zero-order valence-electron chi connectivity index (χ0n) is 10.6. The summed E-state index contributed by atoms with van der Waals surface area (Å²) in [5, 5.41) is 3.39. The SMILES string of the molecule is CCNCC(COC)Cc1ccccc1C. The molecule has 1 unspecified atom stereocenters. The minimum Gasteiger partial charge on any atom is -0.384 e. The van der Waals surface area contributed by atoms with Gasteiger partial charge in [-0.15, -0.1) is 0 Å². The van der Waals surface area contributed by atoms with Crippen molar-refractivity contribution < 1.29 is 4.74 Å². The van der Waals surface area contributed by atoms with E-state index in [1.165, 1.54) is 11.1 Å². The van der Waals surface area contributed by atoms with Crippen LogP contribution >= 0.6 is 0 Å². The average molecular weight is 221 g/mol. The van der Waals surface area contributed by atoms with Crippen LogP contribution in [0.25, 0.3) is 0 Å². The van der Waals surface area contributed by atoms with Crippen molar-refractivity contribution in [1.82, 2.24) is 5.32 Å². The molecule has 1 rings (SSSR count). The molecule has 1 aromatic rings. The molecule has 1 atom stereocenters. The van der Waals surface area contributed by atoms with Crippen molar-refractivity contribution in [1.29, 1.82) is 0 Å². The van der Waals surface area contributed by atoms with Gasteiger partial charge in [-0.3, -0.25) is 0 Å². The number of ether oxygens (including phenoxy) is 1. The van der Waals surface area contributed by atoms with Crippen LogP contribution in [0.4, 0.5) is 0 Å². The Kier molecular flexibility index (Phi) is 6.12. The fourth-order valence-corrected chi connectivity index (χ4v) is 1.92. The molecule has 0 aliphatic rings. The summed E-state index contributed by atoms with van der Waals surface area (Å²) in [5.74, 6) is 0.561. The quantitative estimate of drug-likeness (QED) is 0.763. The lowest BCUT2D eigenvalue weighted by Crippen LogP contribution is -2.27. The second kappa shape index (κ2) is 7.42. The molecular formula is C14H23NO. The van der Waals surface area contributed by atoms with Crippen molar-refractivity contribution >= 4 is 0 Å². The minimum atomic E-state index is 0.561. The zero-order valence-corrected chi connectivity index (χ0v) is 10.6. The van der Waals surface area contributed by atoms with E-state index < -0.39 is 0 Å². The van der Waals surface area contributed by atoms with Crippen LogP contribution in [-0.4, -0.2) is 26.8 Å². The summed E-state index contributed by atoms with van der Waals surface area (Å²) in [4.78, 5) is 0. The standard InChI is InChI=1S/C14H23NO/c1-4-15-10-13(11-16-3)9-14-8-6-5-7-12(14)2/h5-8,13,15H,4,9-11H2,1-3H3. The average Bonchev–Trinajstić information content (AvgIpc) is 2.29. The van der Waals surface area contributed by atoms with Crippen LogP contribution < -0.4 is 5.32 Å². The van der Waals surface area contributed by atoms with Gasteiger partial charge >= 0.3 is 0 Å². The molecule has 0 aliphatic heterocycles. The molecule has 0 spiro atoms. The molecule has 0 saturated heterocycles. The first-order valence-corrected chi connectivity index (χ1v) is 6.02. The summed E-state index contributed by atoms with van der Waals surface area (Å²) in [5.41, 5.74) is 2.81. The summed E-state index contributed by atoms with van der Waals surface area (Å²) in [7, 11) is 1.77. The van der Waals surface area contributed by atoms with E-state index in [0.29, 0.717) is 5.92 Å². The number of hydrogen-bond donors (Lipinski definition) is 1. The fraction of sp³-hybridized carbons (Fsp3) is 0.571. The fourth-order valence-electron chi connectivity index (χ4n) is 1.92. The Labute approximate surface area is 99.0 Å². The number of benzene rings is 1. The Morgan fingerprint density at radius 2 is 2.06 bits per heavy atom. The molecule has 0 aromatic heterocycles. The van der Waals surface area contributed by atoms with Gasteiger partial charge in [0.1, 0.15) is 0 Å². The molecule has 0 aliphatic carbocycles. The van der Waals surface area contributed by atoms with Crippen LogP contribution in [0.1, 0.15) is 18.1 Å². The molecule has 16 heavy (non-hydrogen) atoms. The van der Waals surface area contributed by atoms with E-state index in [1.807, 2.05) is 0 Å². The van der Waals surface area contributed by atoms with Crippen LogP contribution in [0.5, 0.6) is 0 Å². The van der Waals surface area contributed by atoms with Crippen LogP contribution in [-0.2, 0) is 11.2 Å². The number of methoxy groups -OCH3 is 1. The number of hydrogen-bond acceptors (Lipinski definition) is 2. The predicted octanol–water partition coefficient (Wildman–Crippen LogP) is 2.41. The molecule has 1 N–H and O–H groups in total. The highest BCUT2D eigenvalue weighted by Gasteiger charge is 2.10. The third-order valence-corrected chi connectivity index (χ3v) is 2.86. The maximum Gasteiger partial charge on any atom is 0.0505 e. The van der Waals surface area contributed by atoms with E-state index in [4.69, 9.17) is 4.74 Å². The Morgan fingerprint density at radius 1 is 1.31 bits per heavy atom. The van der Waals surface area contributed by atoms with E-state index in [1.54, 1.807) is 7.11 Å². The van der Waals surface area contributed by atoms with Gasteiger partial charge in [-0.1, -0.05) is 31.2 Å². The van der Waals surface area contributed by atoms with Gasteiger partial charge in [0.25, 0.3) is 0 Å². The number of rotatable bonds is 7. The third-order valence-electron chi connectivity index (χ3n) is 2.86. The van der Waals surface area contributed by atoms with Gasteiger partial charge in [0, 0.05) is 13.7 Å². The lowest BCUT2D eigenvalue weighted by atomic mass is 9.96. The maximum absolute atomic E-state index is 5.27. The lowest BCUT2D eigenvalue weighted by Gasteiger charge is -2.17. The normalized spacial score (nSPS) is 12.7. The highest BCUT2D eigenvalue weighted by molar-refractivity contribution is 5.25. The van der Waals surface area contributed by atoms with Crippen LogP contribution in [0, 0.1) is 12.8 Å². The van der Waals surface area contributed by atoms with E-state index in [0.717, 1.165) is 26.1 Å². The maximum atomic E-state index is 5.27. The molecule has 1 aromatic carbocycles. The van der Waals surface area contributed by atoms with Gasteiger partial charge in [0.15, 0.2) is 0 Å². The Balaban J connectivity index is 2.56. The first-order chi connectivity index (χ1) is 7.77. The van der Waals surface area contributed by atoms with Crippen LogP contribution in [0.2, 0.25) is 0 Å². The summed E-state index contributed by atoms with van der Waals surface area (Å²) < 4.78 is 5.27. The predicted molar refractivity (Wildman–Crippen MR) is 68.8 cm³/mol. The van der Waals surface area contributed by atoms with Crippen molar-refractivity contribution in [2.45, 2.75) is 20.3 Å². The molecule has 0 bridgehead atoms. The second-order valence-electron chi connectivity index (χ2n) is 4.26. The summed E-state index contributed by atoms with van der Waals surface area (Å²) in [6, 6.07) is 8.59.